The van der Waals surface area contributed by atoms with Gasteiger partial charge in [-0.2, -0.15) is 0 Å². The third kappa shape index (κ3) is 3.61. The summed E-state index contributed by atoms with van der Waals surface area (Å²) in [6.45, 7) is 0. The molecule has 0 saturated carbocycles. The predicted molar refractivity (Wildman–Crippen MR) is 102 cm³/mol. The topological polar surface area (TPSA) is 35.9 Å². The molecule has 3 rings (SSSR count). The standard InChI is InChI=1S/C22H20N2/c1-24-22(16-21(23)19-10-6-3-7-11-19)20-14-12-18(13-15-20)17-8-4-2-5-9-17/h2-16,23-24H,1H3/b22-16-,23-21?. The fourth-order valence-corrected chi connectivity index (χ4v) is 2.62. The summed E-state index contributed by atoms with van der Waals surface area (Å²) in [7, 11) is 1.88. The van der Waals surface area contributed by atoms with Crippen molar-refractivity contribution in [1.82, 2.24) is 5.32 Å². The Kier molecular flexibility index (Phi) is 4.87. The third-order valence-electron chi connectivity index (χ3n) is 3.95. The highest BCUT2D eigenvalue weighted by Gasteiger charge is 2.04. The van der Waals surface area contributed by atoms with Gasteiger partial charge in [-0.15, -0.1) is 0 Å². The summed E-state index contributed by atoms with van der Waals surface area (Å²) < 4.78 is 0. The minimum absolute atomic E-state index is 0.493. The molecule has 0 aromatic heterocycles. The molecule has 0 amide bonds. The number of rotatable bonds is 5. The van der Waals surface area contributed by atoms with E-state index in [1.807, 2.05) is 61.7 Å². The van der Waals surface area contributed by atoms with Crippen molar-refractivity contribution in [1.29, 1.82) is 5.41 Å². The summed E-state index contributed by atoms with van der Waals surface area (Å²) >= 11 is 0. The van der Waals surface area contributed by atoms with Crippen molar-refractivity contribution in [2.75, 3.05) is 7.05 Å². The number of hydrogen-bond acceptors (Lipinski definition) is 2. The first-order valence-corrected chi connectivity index (χ1v) is 7.97. The summed E-state index contributed by atoms with van der Waals surface area (Å²) in [5.74, 6) is 0. The van der Waals surface area contributed by atoms with E-state index in [4.69, 9.17) is 5.41 Å². The molecule has 3 aromatic carbocycles. The highest BCUT2D eigenvalue weighted by atomic mass is 14.8. The van der Waals surface area contributed by atoms with Crippen LogP contribution in [-0.2, 0) is 0 Å². The van der Waals surface area contributed by atoms with Crippen LogP contribution >= 0.6 is 0 Å². The Morgan fingerprint density at radius 2 is 1.25 bits per heavy atom. The zero-order chi connectivity index (χ0) is 16.8. The molecule has 2 nitrogen and oxygen atoms in total. The number of benzene rings is 3. The first-order valence-electron chi connectivity index (χ1n) is 7.97. The van der Waals surface area contributed by atoms with Crippen molar-refractivity contribution in [3.8, 4) is 11.1 Å². The first kappa shape index (κ1) is 15.8. The molecule has 3 aromatic rings. The Morgan fingerprint density at radius 3 is 1.83 bits per heavy atom. The van der Waals surface area contributed by atoms with E-state index in [-0.39, 0.29) is 0 Å². The van der Waals surface area contributed by atoms with E-state index in [0.29, 0.717) is 5.71 Å². The van der Waals surface area contributed by atoms with Gasteiger partial charge in [0, 0.05) is 12.7 Å². The van der Waals surface area contributed by atoms with Crippen LogP contribution in [-0.4, -0.2) is 12.8 Å². The summed E-state index contributed by atoms with van der Waals surface area (Å²) in [5.41, 5.74) is 5.79. The van der Waals surface area contributed by atoms with E-state index in [0.717, 1.165) is 16.8 Å². The number of nitrogens with one attached hydrogen (secondary N) is 2. The largest absolute Gasteiger partial charge is 0.388 e. The van der Waals surface area contributed by atoms with Crippen LogP contribution < -0.4 is 5.32 Å². The minimum Gasteiger partial charge on any atom is -0.388 e. The van der Waals surface area contributed by atoms with Gasteiger partial charge in [-0.1, -0.05) is 84.9 Å². The molecule has 0 bridgehead atoms. The Bertz CT molecular complexity index is 832. The molecule has 0 fully saturated rings. The molecule has 0 aliphatic rings. The Hall–Kier alpha value is -3.13. The molecular formula is C22H20N2. The Morgan fingerprint density at radius 1 is 0.708 bits per heavy atom. The van der Waals surface area contributed by atoms with Gasteiger partial charge in [0.05, 0.1) is 5.71 Å². The zero-order valence-corrected chi connectivity index (χ0v) is 13.7. The van der Waals surface area contributed by atoms with Crippen LogP contribution in [0.15, 0.2) is 91.0 Å². The fraction of sp³-hybridized carbons (Fsp3) is 0.0455. The molecule has 0 atom stereocenters. The van der Waals surface area contributed by atoms with Crippen molar-refractivity contribution in [3.63, 3.8) is 0 Å². The van der Waals surface area contributed by atoms with Crippen LogP contribution in [0.25, 0.3) is 16.8 Å². The SMILES string of the molecule is CN/C(=C\C(=N)c1ccccc1)c1ccc(-c2ccccc2)cc1. The predicted octanol–water partition coefficient (Wildman–Crippen LogP) is 4.98. The van der Waals surface area contributed by atoms with Crippen molar-refractivity contribution in [2.24, 2.45) is 0 Å². The van der Waals surface area contributed by atoms with Crippen molar-refractivity contribution in [2.45, 2.75) is 0 Å². The van der Waals surface area contributed by atoms with E-state index in [2.05, 4.69) is 41.7 Å². The summed E-state index contributed by atoms with van der Waals surface area (Å²) in [6, 6.07) is 28.5. The highest BCUT2D eigenvalue weighted by molar-refractivity contribution is 6.10. The van der Waals surface area contributed by atoms with Crippen LogP contribution in [0, 0.1) is 5.41 Å². The van der Waals surface area contributed by atoms with Gasteiger partial charge in [0.25, 0.3) is 0 Å². The van der Waals surface area contributed by atoms with Gasteiger partial charge in [0.2, 0.25) is 0 Å². The van der Waals surface area contributed by atoms with E-state index < -0.39 is 0 Å². The lowest BCUT2D eigenvalue weighted by atomic mass is 10.0. The van der Waals surface area contributed by atoms with Crippen LogP contribution in [0.3, 0.4) is 0 Å². The molecule has 118 valence electrons. The van der Waals surface area contributed by atoms with Gasteiger partial charge in [-0.3, -0.25) is 0 Å². The van der Waals surface area contributed by atoms with Crippen LogP contribution in [0.2, 0.25) is 0 Å². The quantitative estimate of drug-likeness (QED) is 0.640. The van der Waals surface area contributed by atoms with Crippen molar-refractivity contribution in [3.05, 3.63) is 102 Å². The van der Waals surface area contributed by atoms with E-state index >= 15 is 0 Å². The Labute approximate surface area is 143 Å². The average molecular weight is 312 g/mol. The fourth-order valence-electron chi connectivity index (χ4n) is 2.62. The second-order valence-electron chi connectivity index (χ2n) is 5.53. The molecule has 2 heteroatoms. The van der Waals surface area contributed by atoms with E-state index in [1.54, 1.807) is 0 Å². The summed E-state index contributed by atoms with van der Waals surface area (Å²) in [5, 5.41) is 11.5. The van der Waals surface area contributed by atoms with Gasteiger partial charge >= 0.3 is 0 Å². The number of hydrogen-bond donors (Lipinski definition) is 2. The lowest BCUT2D eigenvalue weighted by molar-refractivity contribution is 1.13. The van der Waals surface area contributed by atoms with Crippen LogP contribution in [0.5, 0.6) is 0 Å². The average Bonchev–Trinajstić information content (AvgIpc) is 2.67. The van der Waals surface area contributed by atoms with E-state index in [1.165, 1.54) is 11.1 Å². The summed E-state index contributed by atoms with van der Waals surface area (Å²) in [6.07, 6.45) is 1.87. The van der Waals surface area contributed by atoms with Crippen LogP contribution in [0.4, 0.5) is 0 Å². The van der Waals surface area contributed by atoms with Crippen molar-refractivity contribution < 1.29 is 0 Å². The molecule has 24 heavy (non-hydrogen) atoms. The summed E-state index contributed by atoms with van der Waals surface area (Å²) in [4.78, 5) is 0. The Balaban J connectivity index is 1.86. The second-order valence-corrected chi connectivity index (χ2v) is 5.53. The van der Waals surface area contributed by atoms with Gasteiger partial charge in [0.15, 0.2) is 0 Å². The second kappa shape index (κ2) is 7.42. The first-order chi connectivity index (χ1) is 11.8. The maximum Gasteiger partial charge on any atom is 0.0632 e. The normalized spacial score (nSPS) is 11.1. The van der Waals surface area contributed by atoms with Crippen molar-refractivity contribution >= 4 is 11.4 Å². The molecular weight excluding hydrogens is 292 g/mol. The molecule has 2 N–H and O–H groups in total. The molecule has 0 aliphatic heterocycles. The molecule has 0 spiro atoms. The molecule has 0 radical (unpaired) electrons. The molecule has 0 saturated heterocycles. The van der Waals surface area contributed by atoms with Gasteiger partial charge in [0.1, 0.15) is 0 Å². The maximum absolute atomic E-state index is 8.27. The molecule has 0 heterocycles. The van der Waals surface area contributed by atoms with Gasteiger partial charge in [-0.25, -0.2) is 0 Å². The highest BCUT2D eigenvalue weighted by Crippen LogP contribution is 2.21. The van der Waals surface area contributed by atoms with Gasteiger partial charge < -0.3 is 10.7 Å². The smallest absolute Gasteiger partial charge is 0.0632 e. The van der Waals surface area contributed by atoms with Crippen LogP contribution in [0.1, 0.15) is 11.1 Å². The lowest BCUT2D eigenvalue weighted by Crippen LogP contribution is -2.07. The molecule has 0 unspecified atom stereocenters. The monoisotopic (exact) mass is 312 g/mol. The van der Waals surface area contributed by atoms with E-state index in [9.17, 15) is 0 Å². The zero-order valence-electron chi connectivity index (χ0n) is 13.7. The number of allylic oxidation sites excluding steroid dienone is 1. The van der Waals surface area contributed by atoms with Gasteiger partial charge in [-0.05, 0) is 28.3 Å². The lowest BCUT2D eigenvalue weighted by Gasteiger charge is -2.09. The third-order valence-corrected chi connectivity index (χ3v) is 3.95. The maximum atomic E-state index is 8.27. The minimum atomic E-state index is 0.493. The molecule has 0 aliphatic carbocycles.